The molecule has 4 heteroatoms. The fraction of sp³-hybridized carbons (Fsp3) is 0.400. The van der Waals surface area contributed by atoms with Crippen molar-refractivity contribution in [2.45, 2.75) is 25.7 Å². The van der Waals surface area contributed by atoms with Gasteiger partial charge in [0.1, 0.15) is 0 Å². The molecular formula is C15H16N2O2. The topological polar surface area (TPSA) is 47.2 Å². The Morgan fingerprint density at radius 2 is 2.11 bits per heavy atom. The number of nitriles is 1. The van der Waals surface area contributed by atoms with Crippen molar-refractivity contribution in [3.8, 4) is 6.07 Å². The minimum atomic E-state index is -0.0923. The van der Waals surface area contributed by atoms with Crippen LogP contribution in [0.3, 0.4) is 0 Å². The molecule has 0 unspecified atom stereocenters. The Bertz CT molecular complexity index is 606. The highest BCUT2D eigenvalue weighted by molar-refractivity contribution is 5.81. The number of hydrogen-bond donors (Lipinski definition) is 0. The largest absolute Gasteiger partial charge is 0.353 e. The van der Waals surface area contributed by atoms with Gasteiger partial charge >= 0.3 is 0 Å². The first-order valence-corrected chi connectivity index (χ1v) is 6.59. The van der Waals surface area contributed by atoms with E-state index in [1.165, 1.54) is 0 Å². The minimum absolute atomic E-state index is 0.0923. The van der Waals surface area contributed by atoms with Crippen LogP contribution < -0.4 is 0 Å². The third-order valence-electron chi connectivity index (χ3n) is 3.40. The minimum Gasteiger partial charge on any atom is -0.353 e. The predicted molar refractivity (Wildman–Crippen MR) is 71.6 cm³/mol. The molecule has 1 saturated heterocycles. The van der Waals surface area contributed by atoms with Gasteiger partial charge in [0.05, 0.1) is 24.8 Å². The summed E-state index contributed by atoms with van der Waals surface area (Å²) in [7, 11) is 0. The number of aromatic nitrogens is 1. The Morgan fingerprint density at radius 3 is 2.89 bits per heavy atom. The average Bonchev–Trinajstić information content (AvgIpc) is 2.88. The smallest absolute Gasteiger partial charge is 0.159 e. The maximum Gasteiger partial charge on any atom is 0.159 e. The first-order valence-electron chi connectivity index (χ1n) is 6.59. The van der Waals surface area contributed by atoms with Crippen LogP contribution in [0, 0.1) is 11.3 Å². The van der Waals surface area contributed by atoms with Crippen molar-refractivity contribution in [1.29, 1.82) is 5.26 Å². The van der Waals surface area contributed by atoms with E-state index in [9.17, 15) is 0 Å². The molecule has 0 radical (unpaired) electrons. The lowest BCUT2D eigenvalue weighted by Crippen LogP contribution is -2.25. The molecule has 2 aromatic rings. The van der Waals surface area contributed by atoms with Crippen molar-refractivity contribution < 1.29 is 9.47 Å². The zero-order valence-corrected chi connectivity index (χ0v) is 10.7. The van der Waals surface area contributed by atoms with Crippen molar-refractivity contribution in [3.05, 3.63) is 36.0 Å². The molecule has 1 aromatic carbocycles. The number of fused-ring (bicyclic) bond motifs is 1. The summed E-state index contributed by atoms with van der Waals surface area (Å²) in [6, 6.07) is 10.0. The van der Waals surface area contributed by atoms with Gasteiger partial charge in [-0.3, -0.25) is 0 Å². The standard InChI is InChI=1S/C15H16N2O2/c16-11-12-2-3-13-4-6-17(14(13)10-12)7-5-15-18-8-1-9-19-15/h2-4,6,10,15H,1,5,7-9H2. The van der Waals surface area contributed by atoms with E-state index in [-0.39, 0.29) is 6.29 Å². The van der Waals surface area contributed by atoms with Crippen LogP contribution in [0.2, 0.25) is 0 Å². The molecule has 0 amide bonds. The number of rotatable bonds is 3. The Kier molecular flexibility index (Phi) is 3.49. The average molecular weight is 256 g/mol. The first kappa shape index (κ1) is 12.2. The van der Waals surface area contributed by atoms with E-state index in [0.29, 0.717) is 5.56 Å². The van der Waals surface area contributed by atoms with Gasteiger partial charge in [0.25, 0.3) is 0 Å². The molecule has 2 heterocycles. The maximum absolute atomic E-state index is 8.96. The van der Waals surface area contributed by atoms with Crippen LogP contribution in [0.5, 0.6) is 0 Å². The van der Waals surface area contributed by atoms with Crippen LogP contribution in [0.1, 0.15) is 18.4 Å². The van der Waals surface area contributed by atoms with Gasteiger partial charge in [-0.25, -0.2) is 0 Å². The quantitative estimate of drug-likeness (QED) is 0.848. The third kappa shape index (κ3) is 2.62. The zero-order valence-electron chi connectivity index (χ0n) is 10.7. The lowest BCUT2D eigenvalue weighted by molar-refractivity contribution is -0.182. The van der Waals surface area contributed by atoms with Crippen molar-refractivity contribution in [1.82, 2.24) is 4.57 Å². The van der Waals surface area contributed by atoms with E-state index >= 15 is 0 Å². The second kappa shape index (κ2) is 5.43. The predicted octanol–water partition coefficient (Wildman–Crippen LogP) is 2.67. The summed E-state index contributed by atoms with van der Waals surface area (Å²) in [5.41, 5.74) is 1.78. The summed E-state index contributed by atoms with van der Waals surface area (Å²) in [4.78, 5) is 0. The van der Waals surface area contributed by atoms with Gasteiger partial charge in [-0.15, -0.1) is 0 Å². The van der Waals surface area contributed by atoms with Crippen LogP contribution in [0.15, 0.2) is 30.5 Å². The van der Waals surface area contributed by atoms with Crippen molar-refractivity contribution in [2.75, 3.05) is 13.2 Å². The molecule has 0 N–H and O–H groups in total. The molecule has 19 heavy (non-hydrogen) atoms. The highest BCUT2D eigenvalue weighted by atomic mass is 16.7. The molecule has 1 fully saturated rings. The molecule has 98 valence electrons. The fourth-order valence-corrected chi connectivity index (χ4v) is 2.40. The number of nitrogens with zero attached hydrogens (tertiary/aromatic N) is 2. The van der Waals surface area contributed by atoms with Crippen LogP contribution in [0.25, 0.3) is 10.9 Å². The van der Waals surface area contributed by atoms with Crippen molar-refractivity contribution in [3.63, 3.8) is 0 Å². The van der Waals surface area contributed by atoms with Crippen LogP contribution >= 0.6 is 0 Å². The molecular weight excluding hydrogens is 240 g/mol. The van der Waals surface area contributed by atoms with E-state index in [4.69, 9.17) is 14.7 Å². The van der Waals surface area contributed by atoms with E-state index in [0.717, 1.165) is 43.5 Å². The van der Waals surface area contributed by atoms with Crippen LogP contribution in [0.4, 0.5) is 0 Å². The molecule has 1 aromatic heterocycles. The second-order valence-corrected chi connectivity index (χ2v) is 4.71. The summed E-state index contributed by atoms with van der Waals surface area (Å²) >= 11 is 0. The van der Waals surface area contributed by atoms with Gasteiger partial charge in [-0.1, -0.05) is 6.07 Å². The van der Waals surface area contributed by atoms with E-state index in [1.54, 1.807) is 0 Å². The maximum atomic E-state index is 8.96. The molecule has 0 aliphatic carbocycles. The zero-order chi connectivity index (χ0) is 13.1. The lowest BCUT2D eigenvalue weighted by atomic mass is 10.2. The number of aryl methyl sites for hydroxylation is 1. The third-order valence-corrected chi connectivity index (χ3v) is 3.40. The van der Waals surface area contributed by atoms with Gasteiger partial charge in [0.2, 0.25) is 0 Å². The molecule has 0 bridgehead atoms. The van der Waals surface area contributed by atoms with Gasteiger partial charge in [-0.2, -0.15) is 5.26 Å². The Labute approximate surface area is 112 Å². The molecule has 1 aliphatic rings. The van der Waals surface area contributed by atoms with Gasteiger partial charge in [0.15, 0.2) is 6.29 Å². The highest BCUT2D eigenvalue weighted by Gasteiger charge is 2.14. The Balaban J connectivity index is 1.75. The molecule has 0 spiro atoms. The number of ether oxygens (including phenoxy) is 2. The SMILES string of the molecule is N#Cc1ccc2ccn(CCC3OCCCO3)c2c1. The monoisotopic (exact) mass is 256 g/mol. The van der Waals surface area contributed by atoms with Gasteiger partial charge in [-0.05, 0) is 30.0 Å². The molecule has 3 rings (SSSR count). The molecule has 4 nitrogen and oxygen atoms in total. The van der Waals surface area contributed by atoms with E-state index in [1.807, 2.05) is 18.2 Å². The normalized spacial score (nSPS) is 16.6. The summed E-state index contributed by atoms with van der Waals surface area (Å²) in [6.07, 6.45) is 3.77. The van der Waals surface area contributed by atoms with E-state index in [2.05, 4.69) is 22.9 Å². The van der Waals surface area contributed by atoms with E-state index < -0.39 is 0 Å². The number of benzene rings is 1. The van der Waals surface area contributed by atoms with Gasteiger partial charge < -0.3 is 14.0 Å². The lowest BCUT2D eigenvalue weighted by Gasteiger charge is -2.23. The summed E-state index contributed by atoms with van der Waals surface area (Å²) in [5, 5.41) is 10.1. The van der Waals surface area contributed by atoms with Crippen LogP contribution in [-0.4, -0.2) is 24.1 Å². The first-order chi connectivity index (χ1) is 9.36. The summed E-state index contributed by atoms with van der Waals surface area (Å²) < 4.78 is 13.2. The summed E-state index contributed by atoms with van der Waals surface area (Å²) in [6.45, 7) is 2.41. The second-order valence-electron chi connectivity index (χ2n) is 4.71. The Morgan fingerprint density at radius 1 is 1.26 bits per heavy atom. The molecule has 0 atom stereocenters. The van der Waals surface area contributed by atoms with Crippen molar-refractivity contribution in [2.24, 2.45) is 0 Å². The fourth-order valence-electron chi connectivity index (χ4n) is 2.40. The molecule has 1 aliphatic heterocycles. The molecule has 0 saturated carbocycles. The van der Waals surface area contributed by atoms with Crippen molar-refractivity contribution >= 4 is 10.9 Å². The van der Waals surface area contributed by atoms with Crippen LogP contribution in [-0.2, 0) is 16.0 Å². The summed E-state index contributed by atoms with van der Waals surface area (Å²) in [5.74, 6) is 0. The van der Waals surface area contributed by atoms with Gasteiger partial charge in [0, 0.05) is 24.7 Å². The number of hydrogen-bond acceptors (Lipinski definition) is 3. The Hall–Kier alpha value is -1.83. The highest BCUT2D eigenvalue weighted by Crippen LogP contribution is 2.19.